The largest absolute Gasteiger partial charge is 0.494 e. The molecular weight excluding hydrogens is 254 g/mol. The summed E-state index contributed by atoms with van der Waals surface area (Å²) in [5, 5.41) is 0. The van der Waals surface area contributed by atoms with Crippen LogP contribution in [-0.4, -0.2) is 36.7 Å². The summed E-state index contributed by atoms with van der Waals surface area (Å²) in [4.78, 5) is 13.8. The van der Waals surface area contributed by atoms with Crippen LogP contribution in [0, 0.1) is 0 Å². The molecule has 1 aliphatic rings. The molecule has 1 fully saturated rings. The second kappa shape index (κ2) is 7.29. The third-order valence-electron chi connectivity index (χ3n) is 3.32. The molecular formula is C16H23NO3. The molecule has 0 atom stereocenters. The summed E-state index contributed by atoms with van der Waals surface area (Å²) in [7, 11) is 0. The molecule has 20 heavy (non-hydrogen) atoms. The molecule has 1 aliphatic carbocycles. The van der Waals surface area contributed by atoms with Gasteiger partial charge in [-0.3, -0.25) is 9.69 Å². The van der Waals surface area contributed by atoms with Crippen molar-refractivity contribution in [2.75, 3.05) is 19.8 Å². The predicted molar refractivity (Wildman–Crippen MR) is 77.7 cm³/mol. The maximum atomic E-state index is 11.6. The monoisotopic (exact) mass is 277 g/mol. The number of hydrogen-bond acceptors (Lipinski definition) is 4. The van der Waals surface area contributed by atoms with Crippen LogP contribution in [0.4, 0.5) is 0 Å². The highest BCUT2D eigenvalue weighted by Crippen LogP contribution is 2.28. The smallest absolute Gasteiger partial charge is 0.320 e. The highest BCUT2D eigenvalue weighted by molar-refractivity contribution is 5.71. The normalized spacial score (nSPS) is 14.3. The van der Waals surface area contributed by atoms with Gasteiger partial charge in [-0.1, -0.05) is 12.1 Å². The van der Waals surface area contributed by atoms with Crippen molar-refractivity contribution in [2.45, 2.75) is 39.3 Å². The first-order chi connectivity index (χ1) is 9.72. The Morgan fingerprint density at radius 2 is 1.90 bits per heavy atom. The van der Waals surface area contributed by atoms with Gasteiger partial charge >= 0.3 is 5.97 Å². The van der Waals surface area contributed by atoms with Gasteiger partial charge in [0.25, 0.3) is 0 Å². The minimum atomic E-state index is -0.134. The summed E-state index contributed by atoms with van der Waals surface area (Å²) in [6.07, 6.45) is 2.35. The lowest BCUT2D eigenvalue weighted by molar-refractivity contribution is -0.144. The minimum Gasteiger partial charge on any atom is -0.494 e. The van der Waals surface area contributed by atoms with E-state index in [2.05, 4.69) is 17.0 Å². The van der Waals surface area contributed by atoms with Crippen LogP contribution in [0.25, 0.3) is 0 Å². The van der Waals surface area contributed by atoms with E-state index >= 15 is 0 Å². The van der Waals surface area contributed by atoms with E-state index in [4.69, 9.17) is 9.47 Å². The topological polar surface area (TPSA) is 38.8 Å². The van der Waals surface area contributed by atoms with Gasteiger partial charge in [-0.2, -0.15) is 0 Å². The van der Waals surface area contributed by atoms with Crippen LogP contribution in [0.2, 0.25) is 0 Å². The number of ether oxygens (including phenoxy) is 2. The van der Waals surface area contributed by atoms with Gasteiger partial charge in [0.1, 0.15) is 5.75 Å². The number of benzene rings is 1. The summed E-state index contributed by atoms with van der Waals surface area (Å²) >= 11 is 0. The van der Waals surface area contributed by atoms with E-state index in [1.54, 1.807) is 0 Å². The molecule has 1 aromatic carbocycles. The molecule has 0 saturated heterocycles. The fourth-order valence-corrected chi connectivity index (χ4v) is 2.22. The fourth-order valence-electron chi connectivity index (χ4n) is 2.22. The SMILES string of the molecule is CCOC(=O)CN(Cc1ccc(OCC)cc1)C1CC1. The average Bonchev–Trinajstić information content (AvgIpc) is 3.25. The zero-order chi connectivity index (χ0) is 14.4. The number of rotatable bonds is 8. The van der Waals surface area contributed by atoms with Crippen molar-refractivity contribution in [3.8, 4) is 5.75 Å². The highest BCUT2D eigenvalue weighted by Gasteiger charge is 2.30. The highest BCUT2D eigenvalue weighted by atomic mass is 16.5. The summed E-state index contributed by atoms with van der Waals surface area (Å²) in [5.74, 6) is 0.755. The number of carbonyl (C=O) groups excluding carboxylic acids is 1. The van der Waals surface area contributed by atoms with Gasteiger partial charge in [0.2, 0.25) is 0 Å². The van der Waals surface area contributed by atoms with Crippen molar-refractivity contribution < 1.29 is 14.3 Å². The number of nitrogens with zero attached hydrogens (tertiary/aromatic N) is 1. The fraction of sp³-hybridized carbons (Fsp3) is 0.562. The molecule has 1 saturated carbocycles. The summed E-state index contributed by atoms with van der Waals surface area (Å²) < 4.78 is 10.5. The molecule has 0 bridgehead atoms. The Morgan fingerprint density at radius 3 is 2.45 bits per heavy atom. The van der Waals surface area contributed by atoms with E-state index in [0.29, 0.717) is 25.8 Å². The van der Waals surface area contributed by atoms with E-state index in [9.17, 15) is 4.79 Å². The van der Waals surface area contributed by atoms with Crippen molar-refractivity contribution in [2.24, 2.45) is 0 Å². The Hall–Kier alpha value is -1.55. The molecule has 0 aromatic heterocycles. The van der Waals surface area contributed by atoms with E-state index < -0.39 is 0 Å². The van der Waals surface area contributed by atoms with Crippen molar-refractivity contribution >= 4 is 5.97 Å². The standard InChI is InChI=1S/C16H23NO3/c1-3-19-15-9-5-13(6-10-15)11-17(14-7-8-14)12-16(18)20-4-2/h5-6,9-10,14H,3-4,7-8,11-12H2,1-2H3. The molecule has 2 rings (SSSR count). The lowest BCUT2D eigenvalue weighted by atomic mass is 10.2. The zero-order valence-electron chi connectivity index (χ0n) is 12.3. The molecule has 0 heterocycles. The minimum absolute atomic E-state index is 0.134. The third-order valence-corrected chi connectivity index (χ3v) is 3.32. The van der Waals surface area contributed by atoms with E-state index in [1.807, 2.05) is 26.0 Å². The summed E-state index contributed by atoms with van der Waals surface area (Å²) in [5.41, 5.74) is 1.20. The third kappa shape index (κ3) is 4.53. The van der Waals surface area contributed by atoms with E-state index in [-0.39, 0.29) is 5.97 Å². The van der Waals surface area contributed by atoms with Crippen LogP contribution in [0.15, 0.2) is 24.3 Å². The Labute approximate surface area is 120 Å². The first-order valence-electron chi connectivity index (χ1n) is 7.34. The van der Waals surface area contributed by atoms with E-state index in [0.717, 1.165) is 12.3 Å². The van der Waals surface area contributed by atoms with Gasteiger partial charge in [0.05, 0.1) is 19.8 Å². The molecule has 0 unspecified atom stereocenters. The van der Waals surface area contributed by atoms with Crippen LogP contribution in [0.5, 0.6) is 5.75 Å². The van der Waals surface area contributed by atoms with Gasteiger partial charge < -0.3 is 9.47 Å². The molecule has 0 N–H and O–H groups in total. The molecule has 4 heteroatoms. The lowest BCUT2D eigenvalue weighted by Gasteiger charge is -2.21. The van der Waals surface area contributed by atoms with Gasteiger partial charge in [0.15, 0.2) is 0 Å². The molecule has 0 spiro atoms. The molecule has 4 nitrogen and oxygen atoms in total. The van der Waals surface area contributed by atoms with E-state index in [1.165, 1.54) is 18.4 Å². The number of esters is 1. The molecule has 0 radical (unpaired) electrons. The van der Waals surface area contributed by atoms with Gasteiger partial charge in [-0.15, -0.1) is 0 Å². The Bertz CT molecular complexity index is 426. The molecule has 0 amide bonds. The maximum absolute atomic E-state index is 11.6. The molecule has 110 valence electrons. The van der Waals surface area contributed by atoms with Crippen LogP contribution in [0.3, 0.4) is 0 Å². The maximum Gasteiger partial charge on any atom is 0.320 e. The molecule has 1 aromatic rings. The number of carbonyl (C=O) groups is 1. The van der Waals surface area contributed by atoms with Crippen molar-refractivity contribution in [1.29, 1.82) is 0 Å². The second-order valence-electron chi connectivity index (χ2n) is 5.02. The Balaban J connectivity index is 1.92. The Morgan fingerprint density at radius 1 is 1.20 bits per heavy atom. The predicted octanol–water partition coefficient (Wildman–Crippen LogP) is 2.61. The van der Waals surface area contributed by atoms with Crippen molar-refractivity contribution in [3.05, 3.63) is 29.8 Å². The van der Waals surface area contributed by atoms with Crippen molar-refractivity contribution in [1.82, 2.24) is 4.90 Å². The number of hydrogen-bond donors (Lipinski definition) is 0. The van der Waals surface area contributed by atoms with Gasteiger partial charge in [0, 0.05) is 12.6 Å². The average molecular weight is 277 g/mol. The molecule has 0 aliphatic heterocycles. The summed E-state index contributed by atoms with van der Waals surface area (Å²) in [6.45, 7) is 6.10. The second-order valence-corrected chi connectivity index (χ2v) is 5.02. The van der Waals surface area contributed by atoms with Crippen LogP contribution < -0.4 is 4.74 Å². The van der Waals surface area contributed by atoms with Crippen LogP contribution in [0.1, 0.15) is 32.3 Å². The van der Waals surface area contributed by atoms with Crippen molar-refractivity contribution in [3.63, 3.8) is 0 Å². The quantitative estimate of drug-likeness (QED) is 0.685. The zero-order valence-corrected chi connectivity index (χ0v) is 12.3. The van der Waals surface area contributed by atoms with Gasteiger partial charge in [-0.05, 0) is 44.4 Å². The first kappa shape index (κ1) is 14.9. The van der Waals surface area contributed by atoms with Crippen LogP contribution in [-0.2, 0) is 16.1 Å². The van der Waals surface area contributed by atoms with Gasteiger partial charge in [-0.25, -0.2) is 0 Å². The van der Waals surface area contributed by atoms with Crippen LogP contribution >= 0.6 is 0 Å². The lowest BCUT2D eigenvalue weighted by Crippen LogP contribution is -2.32. The first-order valence-corrected chi connectivity index (χ1v) is 7.34. The Kier molecular flexibility index (Phi) is 5.41. The summed E-state index contributed by atoms with van der Waals surface area (Å²) in [6, 6.07) is 8.62.